The Kier molecular flexibility index (Phi) is 5.29. The molecule has 1 N–H and O–H groups in total. The first-order valence-corrected chi connectivity index (χ1v) is 9.58. The van der Waals surface area contributed by atoms with Gasteiger partial charge >= 0.3 is 0 Å². The molecule has 1 fully saturated rings. The zero-order valence-electron chi connectivity index (χ0n) is 14.0. The van der Waals surface area contributed by atoms with E-state index in [1.54, 1.807) is 11.2 Å². The summed E-state index contributed by atoms with van der Waals surface area (Å²) in [5.74, 6) is 0.192. The van der Waals surface area contributed by atoms with Crippen LogP contribution in [0.1, 0.15) is 46.1 Å². The van der Waals surface area contributed by atoms with E-state index in [2.05, 4.69) is 37.4 Å². The molecule has 0 radical (unpaired) electrons. The lowest BCUT2D eigenvalue weighted by Gasteiger charge is -2.31. The number of nitrogens with one attached hydrogen (secondary N) is 1. The van der Waals surface area contributed by atoms with Gasteiger partial charge in [0.2, 0.25) is 10.0 Å². The van der Waals surface area contributed by atoms with Crippen LogP contribution < -0.4 is 5.32 Å². The third-order valence-corrected chi connectivity index (χ3v) is 6.01. The molecule has 2 rings (SSSR count). The molecular weight excluding hydrogens is 300 g/mol. The Bertz CT molecular complexity index is 581. The molecule has 0 amide bonds. The highest BCUT2D eigenvalue weighted by atomic mass is 32.2. The van der Waals surface area contributed by atoms with Crippen molar-refractivity contribution in [2.24, 2.45) is 0 Å². The number of sulfonamides is 1. The van der Waals surface area contributed by atoms with E-state index in [9.17, 15) is 8.42 Å². The van der Waals surface area contributed by atoms with Gasteiger partial charge in [0.05, 0.1) is 17.5 Å². The van der Waals surface area contributed by atoms with E-state index in [4.69, 9.17) is 0 Å². The molecular formula is C15H28N4O2S. The van der Waals surface area contributed by atoms with Crippen LogP contribution in [-0.2, 0) is 22.1 Å². The SMILES string of the molecule is CCS(=O)(=O)N1CCC(NCc2cnn(C(C)(C)C)c2)CC1. The third-order valence-electron chi connectivity index (χ3n) is 4.13. The fraction of sp³-hybridized carbons (Fsp3) is 0.800. The zero-order valence-corrected chi connectivity index (χ0v) is 14.9. The maximum atomic E-state index is 11.8. The number of nitrogens with zero attached hydrogens (tertiary/aromatic N) is 3. The molecule has 1 aromatic rings. The van der Waals surface area contributed by atoms with E-state index < -0.39 is 10.0 Å². The van der Waals surface area contributed by atoms with E-state index >= 15 is 0 Å². The summed E-state index contributed by atoms with van der Waals surface area (Å²) in [6, 6.07) is 0.376. The van der Waals surface area contributed by atoms with Crippen molar-refractivity contribution in [3.05, 3.63) is 18.0 Å². The van der Waals surface area contributed by atoms with Crippen LogP contribution in [0, 0.1) is 0 Å². The fourth-order valence-corrected chi connectivity index (χ4v) is 3.73. The number of aromatic nitrogens is 2. The smallest absolute Gasteiger partial charge is 0.213 e. The first-order valence-electron chi connectivity index (χ1n) is 7.97. The monoisotopic (exact) mass is 328 g/mol. The minimum Gasteiger partial charge on any atom is -0.310 e. The van der Waals surface area contributed by atoms with Gasteiger partial charge in [0.15, 0.2) is 0 Å². The molecule has 1 aliphatic heterocycles. The second-order valence-corrected chi connectivity index (χ2v) is 9.18. The molecule has 0 unspecified atom stereocenters. The van der Waals surface area contributed by atoms with Crippen molar-refractivity contribution >= 4 is 10.0 Å². The Morgan fingerprint density at radius 2 is 1.95 bits per heavy atom. The molecule has 1 aliphatic rings. The van der Waals surface area contributed by atoms with Crippen molar-refractivity contribution in [1.29, 1.82) is 0 Å². The molecule has 0 aliphatic carbocycles. The highest BCUT2D eigenvalue weighted by Crippen LogP contribution is 2.16. The molecule has 0 saturated carbocycles. The highest BCUT2D eigenvalue weighted by Gasteiger charge is 2.26. The van der Waals surface area contributed by atoms with E-state index in [1.807, 2.05) is 10.9 Å². The van der Waals surface area contributed by atoms with Crippen LogP contribution in [0.5, 0.6) is 0 Å². The molecule has 1 saturated heterocycles. The number of rotatable bonds is 5. The van der Waals surface area contributed by atoms with Crippen LogP contribution in [0.3, 0.4) is 0 Å². The predicted octanol–water partition coefficient (Wildman–Crippen LogP) is 1.54. The Balaban J connectivity index is 1.81. The quantitative estimate of drug-likeness (QED) is 0.890. The minimum atomic E-state index is -3.03. The molecule has 0 spiro atoms. The van der Waals surface area contributed by atoms with Gasteiger partial charge < -0.3 is 5.32 Å². The largest absolute Gasteiger partial charge is 0.310 e. The fourth-order valence-electron chi connectivity index (χ4n) is 2.60. The molecule has 6 nitrogen and oxygen atoms in total. The van der Waals surface area contributed by atoms with Crippen molar-refractivity contribution < 1.29 is 8.42 Å². The summed E-state index contributed by atoms with van der Waals surface area (Å²) in [5, 5.41) is 7.91. The molecule has 126 valence electrons. The maximum Gasteiger partial charge on any atom is 0.213 e. The van der Waals surface area contributed by atoms with Gasteiger partial charge in [0.1, 0.15) is 0 Å². The van der Waals surface area contributed by atoms with Crippen LogP contribution in [-0.4, -0.2) is 47.4 Å². The summed E-state index contributed by atoms with van der Waals surface area (Å²) in [4.78, 5) is 0. The summed E-state index contributed by atoms with van der Waals surface area (Å²) in [7, 11) is -3.03. The lowest BCUT2D eigenvalue weighted by atomic mass is 10.1. The van der Waals surface area contributed by atoms with E-state index in [0.29, 0.717) is 19.1 Å². The van der Waals surface area contributed by atoms with E-state index in [-0.39, 0.29) is 11.3 Å². The second-order valence-electron chi connectivity index (χ2n) is 6.92. The standard InChI is InChI=1S/C15H28N4O2S/c1-5-22(20,21)18-8-6-14(7-9-18)16-10-13-11-17-19(12-13)15(2,3)4/h11-12,14,16H,5-10H2,1-4H3. The molecule has 1 aromatic heterocycles. The Morgan fingerprint density at radius 3 is 2.45 bits per heavy atom. The normalized spacial score (nSPS) is 18.7. The topological polar surface area (TPSA) is 67.2 Å². The highest BCUT2D eigenvalue weighted by molar-refractivity contribution is 7.89. The van der Waals surface area contributed by atoms with Crippen molar-refractivity contribution in [2.75, 3.05) is 18.8 Å². The summed E-state index contributed by atoms with van der Waals surface area (Å²) in [6.45, 7) is 10.1. The van der Waals surface area contributed by atoms with Gasteiger partial charge in [-0.15, -0.1) is 0 Å². The van der Waals surface area contributed by atoms with Gasteiger partial charge in [-0.2, -0.15) is 5.10 Å². The summed E-state index contributed by atoms with van der Waals surface area (Å²) >= 11 is 0. The average molecular weight is 328 g/mol. The van der Waals surface area contributed by atoms with Crippen molar-refractivity contribution in [3.8, 4) is 0 Å². The summed E-state index contributed by atoms with van der Waals surface area (Å²) < 4.78 is 27.2. The van der Waals surface area contributed by atoms with Crippen molar-refractivity contribution in [1.82, 2.24) is 19.4 Å². The van der Waals surface area contributed by atoms with Gasteiger partial charge in [0, 0.05) is 37.4 Å². The van der Waals surface area contributed by atoms with Gasteiger partial charge in [-0.25, -0.2) is 12.7 Å². The van der Waals surface area contributed by atoms with Gasteiger partial charge in [-0.1, -0.05) is 0 Å². The van der Waals surface area contributed by atoms with Crippen molar-refractivity contribution in [3.63, 3.8) is 0 Å². The van der Waals surface area contributed by atoms with Crippen LogP contribution in [0.2, 0.25) is 0 Å². The number of hydrogen-bond donors (Lipinski definition) is 1. The Labute approximate surface area is 133 Å². The lowest BCUT2D eigenvalue weighted by Crippen LogP contribution is -2.45. The molecule has 2 heterocycles. The first-order chi connectivity index (χ1) is 10.2. The van der Waals surface area contributed by atoms with Crippen LogP contribution in [0.25, 0.3) is 0 Å². The van der Waals surface area contributed by atoms with Crippen LogP contribution >= 0.6 is 0 Å². The lowest BCUT2D eigenvalue weighted by molar-refractivity contribution is 0.289. The molecule has 22 heavy (non-hydrogen) atoms. The summed E-state index contributed by atoms with van der Waals surface area (Å²) in [5.41, 5.74) is 1.16. The number of hydrogen-bond acceptors (Lipinski definition) is 4. The summed E-state index contributed by atoms with van der Waals surface area (Å²) in [6.07, 6.45) is 5.71. The Hall–Kier alpha value is -0.920. The molecule has 0 aromatic carbocycles. The minimum absolute atomic E-state index is 0.00188. The van der Waals surface area contributed by atoms with Gasteiger partial charge in [-0.3, -0.25) is 4.68 Å². The molecule has 0 atom stereocenters. The second kappa shape index (κ2) is 6.68. The molecule has 0 bridgehead atoms. The van der Waals surface area contributed by atoms with Crippen LogP contribution in [0.15, 0.2) is 12.4 Å². The van der Waals surface area contributed by atoms with Gasteiger partial charge in [0.25, 0.3) is 0 Å². The van der Waals surface area contributed by atoms with E-state index in [0.717, 1.165) is 19.4 Å². The maximum absolute atomic E-state index is 11.8. The molecule has 7 heteroatoms. The zero-order chi connectivity index (χ0) is 16.4. The average Bonchev–Trinajstić information content (AvgIpc) is 2.94. The van der Waals surface area contributed by atoms with Gasteiger partial charge in [-0.05, 0) is 40.5 Å². The van der Waals surface area contributed by atoms with Crippen molar-refractivity contribution in [2.45, 2.75) is 58.7 Å². The third kappa shape index (κ3) is 4.30. The van der Waals surface area contributed by atoms with Crippen LogP contribution in [0.4, 0.5) is 0 Å². The first kappa shape index (κ1) is 17.4. The number of piperidine rings is 1. The van der Waals surface area contributed by atoms with E-state index in [1.165, 1.54) is 5.56 Å². The predicted molar refractivity (Wildman–Crippen MR) is 88.1 cm³/mol. The Morgan fingerprint density at radius 1 is 1.32 bits per heavy atom.